The summed E-state index contributed by atoms with van der Waals surface area (Å²) in [6.45, 7) is 4.39. The molecule has 0 amide bonds. The van der Waals surface area contributed by atoms with Gasteiger partial charge in [-0.1, -0.05) is 26.2 Å². The Morgan fingerprint density at radius 2 is 1.21 bits per heavy atom. The highest BCUT2D eigenvalue weighted by atomic mass is 19.2. The molecule has 34 heavy (non-hydrogen) atoms. The number of benzene rings is 2. The normalized spacial score (nSPS) is 24.5. The van der Waals surface area contributed by atoms with Crippen LogP contribution in [-0.2, 0) is 0 Å². The Bertz CT molecular complexity index is 993. The molecule has 0 heterocycles. The lowest BCUT2D eigenvalue weighted by atomic mass is 9.64. The van der Waals surface area contributed by atoms with E-state index in [1.165, 1.54) is 62.8 Å². The van der Waals surface area contributed by atoms with Crippen LogP contribution in [0.2, 0.25) is 0 Å². The summed E-state index contributed by atoms with van der Waals surface area (Å²) in [5.74, 6) is -2.71. The van der Waals surface area contributed by atoms with Gasteiger partial charge in [0.25, 0.3) is 0 Å². The molecule has 0 radical (unpaired) electrons. The molecule has 0 aromatic heterocycles. The van der Waals surface area contributed by atoms with Crippen molar-refractivity contribution in [2.24, 2.45) is 23.7 Å². The second-order valence-corrected chi connectivity index (χ2v) is 9.89. The highest BCUT2D eigenvalue weighted by Crippen LogP contribution is 2.46. The SMILES string of the molecule is CCCC1CCC2CC(COc3ccc(-c4ccc(OCC)c(F)c4F)c(F)c3F)CCC2C1. The summed E-state index contributed by atoms with van der Waals surface area (Å²) in [4.78, 5) is 0. The number of hydrogen-bond donors (Lipinski definition) is 0. The number of hydrogen-bond acceptors (Lipinski definition) is 2. The van der Waals surface area contributed by atoms with Crippen LogP contribution in [-0.4, -0.2) is 13.2 Å². The van der Waals surface area contributed by atoms with Crippen LogP contribution in [0.3, 0.4) is 0 Å². The molecule has 6 heteroatoms. The van der Waals surface area contributed by atoms with Crippen LogP contribution < -0.4 is 9.47 Å². The number of halogens is 4. The first kappa shape index (κ1) is 24.9. The van der Waals surface area contributed by atoms with E-state index in [9.17, 15) is 17.6 Å². The first-order valence-electron chi connectivity index (χ1n) is 12.6. The number of fused-ring (bicyclic) bond motifs is 1. The highest BCUT2D eigenvalue weighted by Gasteiger charge is 2.35. The lowest BCUT2D eigenvalue weighted by Crippen LogP contribution is -2.33. The van der Waals surface area contributed by atoms with Crippen LogP contribution in [0.25, 0.3) is 11.1 Å². The molecule has 2 aliphatic rings. The maximum Gasteiger partial charge on any atom is 0.201 e. The second kappa shape index (κ2) is 11.0. The third-order valence-electron chi connectivity index (χ3n) is 7.69. The van der Waals surface area contributed by atoms with Gasteiger partial charge in [0.2, 0.25) is 11.6 Å². The molecule has 2 aromatic carbocycles. The largest absolute Gasteiger partial charge is 0.491 e. The lowest BCUT2D eigenvalue weighted by Gasteiger charge is -2.42. The Hall–Kier alpha value is -2.24. The van der Waals surface area contributed by atoms with Gasteiger partial charge < -0.3 is 9.47 Å². The second-order valence-electron chi connectivity index (χ2n) is 9.89. The van der Waals surface area contributed by atoms with Crippen molar-refractivity contribution in [3.63, 3.8) is 0 Å². The van der Waals surface area contributed by atoms with Crippen molar-refractivity contribution in [2.45, 2.75) is 65.2 Å². The van der Waals surface area contributed by atoms with E-state index < -0.39 is 23.3 Å². The molecule has 4 unspecified atom stereocenters. The van der Waals surface area contributed by atoms with E-state index in [1.807, 2.05) is 0 Å². The van der Waals surface area contributed by atoms with Crippen molar-refractivity contribution in [1.82, 2.24) is 0 Å². The van der Waals surface area contributed by atoms with Gasteiger partial charge in [-0.3, -0.25) is 0 Å². The maximum atomic E-state index is 14.8. The molecule has 0 spiro atoms. The average molecular weight is 479 g/mol. The Morgan fingerprint density at radius 3 is 1.76 bits per heavy atom. The van der Waals surface area contributed by atoms with Gasteiger partial charge in [0.1, 0.15) is 0 Å². The van der Waals surface area contributed by atoms with Crippen molar-refractivity contribution in [2.75, 3.05) is 13.2 Å². The Kier molecular flexibility index (Phi) is 8.05. The predicted octanol–water partition coefficient (Wildman–Crippen LogP) is 8.32. The van der Waals surface area contributed by atoms with Gasteiger partial charge in [-0.15, -0.1) is 0 Å². The molecule has 186 valence electrons. The molecule has 0 saturated heterocycles. The lowest BCUT2D eigenvalue weighted by molar-refractivity contribution is 0.0739. The highest BCUT2D eigenvalue weighted by molar-refractivity contribution is 5.67. The van der Waals surface area contributed by atoms with Gasteiger partial charge in [0.15, 0.2) is 23.1 Å². The summed E-state index contributed by atoms with van der Waals surface area (Å²) in [5.41, 5.74) is -0.713. The molecule has 2 fully saturated rings. The van der Waals surface area contributed by atoms with Crippen LogP contribution in [0.5, 0.6) is 11.5 Å². The van der Waals surface area contributed by atoms with Crippen LogP contribution in [0, 0.1) is 46.9 Å². The van der Waals surface area contributed by atoms with E-state index in [0.29, 0.717) is 18.4 Å². The molecule has 0 aliphatic heterocycles. The molecule has 2 aliphatic carbocycles. The fourth-order valence-electron chi connectivity index (χ4n) is 5.97. The Balaban J connectivity index is 1.40. The van der Waals surface area contributed by atoms with E-state index in [2.05, 4.69) is 6.92 Å². The van der Waals surface area contributed by atoms with E-state index in [-0.39, 0.29) is 29.2 Å². The van der Waals surface area contributed by atoms with Gasteiger partial charge in [0, 0.05) is 11.1 Å². The minimum absolute atomic E-state index is 0.159. The van der Waals surface area contributed by atoms with Crippen LogP contribution in [0.15, 0.2) is 24.3 Å². The van der Waals surface area contributed by atoms with E-state index >= 15 is 0 Å². The summed E-state index contributed by atoms with van der Waals surface area (Å²) in [5, 5.41) is 0. The zero-order valence-electron chi connectivity index (χ0n) is 20.0. The zero-order chi connectivity index (χ0) is 24.2. The number of rotatable bonds is 8. The summed E-state index contributed by atoms with van der Waals surface area (Å²) in [6.07, 6.45) is 9.75. The molecule has 2 saturated carbocycles. The zero-order valence-corrected chi connectivity index (χ0v) is 20.0. The summed E-state index contributed by atoms with van der Waals surface area (Å²) >= 11 is 0. The first-order chi connectivity index (χ1) is 16.4. The summed E-state index contributed by atoms with van der Waals surface area (Å²) in [6, 6.07) is 4.93. The van der Waals surface area contributed by atoms with Crippen molar-refractivity contribution < 1.29 is 27.0 Å². The van der Waals surface area contributed by atoms with Crippen molar-refractivity contribution in [3.05, 3.63) is 47.5 Å². The topological polar surface area (TPSA) is 18.5 Å². The standard InChI is InChI=1S/C28H34F4O2/c1-3-5-17-6-8-20-15-18(7-9-19(20)14-17)16-34-24-13-11-22(26(30)28(24)32)21-10-12-23(33-4-2)27(31)25(21)29/h10-13,17-20H,3-9,14-16H2,1-2H3. The van der Waals surface area contributed by atoms with Crippen molar-refractivity contribution in [3.8, 4) is 22.6 Å². The molecular formula is C28H34F4O2. The summed E-state index contributed by atoms with van der Waals surface area (Å²) < 4.78 is 69.0. The Morgan fingerprint density at radius 1 is 0.676 bits per heavy atom. The molecular weight excluding hydrogens is 444 g/mol. The van der Waals surface area contributed by atoms with Gasteiger partial charge in [0.05, 0.1) is 13.2 Å². The van der Waals surface area contributed by atoms with E-state index in [1.54, 1.807) is 6.92 Å². The Labute approximate surface area is 199 Å². The molecule has 4 rings (SSSR count). The van der Waals surface area contributed by atoms with E-state index in [4.69, 9.17) is 9.47 Å². The monoisotopic (exact) mass is 478 g/mol. The van der Waals surface area contributed by atoms with Gasteiger partial charge >= 0.3 is 0 Å². The molecule has 2 aromatic rings. The van der Waals surface area contributed by atoms with E-state index in [0.717, 1.165) is 24.7 Å². The quantitative estimate of drug-likeness (QED) is 0.355. The smallest absolute Gasteiger partial charge is 0.201 e. The minimum atomic E-state index is -1.27. The van der Waals surface area contributed by atoms with Crippen LogP contribution in [0.4, 0.5) is 17.6 Å². The molecule has 2 nitrogen and oxygen atoms in total. The fraction of sp³-hybridized carbons (Fsp3) is 0.571. The van der Waals surface area contributed by atoms with Gasteiger partial charge in [-0.25, -0.2) is 8.78 Å². The third-order valence-corrected chi connectivity index (χ3v) is 7.69. The van der Waals surface area contributed by atoms with Gasteiger partial charge in [-0.05, 0) is 87.0 Å². The predicted molar refractivity (Wildman–Crippen MR) is 125 cm³/mol. The first-order valence-corrected chi connectivity index (χ1v) is 12.6. The van der Waals surface area contributed by atoms with Crippen molar-refractivity contribution in [1.29, 1.82) is 0 Å². The van der Waals surface area contributed by atoms with Crippen LogP contribution in [0.1, 0.15) is 65.2 Å². The van der Waals surface area contributed by atoms with Crippen molar-refractivity contribution >= 4 is 0 Å². The third kappa shape index (κ3) is 5.21. The number of ether oxygens (including phenoxy) is 2. The van der Waals surface area contributed by atoms with Gasteiger partial charge in [-0.2, -0.15) is 8.78 Å². The fourth-order valence-corrected chi connectivity index (χ4v) is 5.97. The maximum absolute atomic E-state index is 14.8. The molecule has 0 bridgehead atoms. The average Bonchev–Trinajstić information content (AvgIpc) is 2.84. The molecule has 0 N–H and O–H groups in total. The molecule has 4 atom stereocenters. The summed E-state index contributed by atoms with van der Waals surface area (Å²) in [7, 11) is 0. The van der Waals surface area contributed by atoms with Crippen LogP contribution >= 0.6 is 0 Å². The minimum Gasteiger partial charge on any atom is -0.491 e.